The Morgan fingerprint density at radius 2 is 2.06 bits per heavy atom. The molecule has 0 saturated carbocycles. The number of carbonyl (C=O) groups excluding carboxylic acids is 1. The molecule has 0 unspecified atom stereocenters. The minimum Gasteiger partial charge on any atom is -0.480 e. The molecule has 0 saturated heterocycles. The van der Waals surface area contributed by atoms with Gasteiger partial charge in [0, 0.05) is 18.2 Å². The molecule has 90 valence electrons. The van der Waals surface area contributed by atoms with Crippen LogP contribution in [0, 0.1) is 0 Å². The van der Waals surface area contributed by atoms with Gasteiger partial charge in [-0.05, 0) is 5.56 Å². The third-order valence-electron chi connectivity index (χ3n) is 2.06. The summed E-state index contributed by atoms with van der Waals surface area (Å²) in [5.41, 5.74) is 0.822. The molecule has 6 heteroatoms. The van der Waals surface area contributed by atoms with Gasteiger partial charge in [-0.3, -0.25) is 4.79 Å². The fourth-order valence-electron chi connectivity index (χ4n) is 1.30. The molecule has 0 bridgehead atoms. The van der Waals surface area contributed by atoms with Crippen molar-refractivity contribution in [3.63, 3.8) is 0 Å². The van der Waals surface area contributed by atoms with Gasteiger partial charge < -0.3 is 10.4 Å². The lowest BCUT2D eigenvalue weighted by atomic mass is 10.1. The zero-order valence-electron chi connectivity index (χ0n) is 8.84. The van der Waals surface area contributed by atoms with Crippen LogP contribution >= 0.6 is 11.8 Å². The van der Waals surface area contributed by atoms with E-state index in [-0.39, 0.29) is 6.42 Å². The third kappa shape index (κ3) is 4.65. The van der Waals surface area contributed by atoms with Crippen LogP contribution in [-0.2, 0) is 16.0 Å². The predicted molar refractivity (Wildman–Crippen MR) is 64.1 cm³/mol. The highest BCUT2D eigenvalue weighted by atomic mass is 35.5. The van der Waals surface area contributed by atoms with Crippen molar-refractivity contribution in [1.82, 2.24) is 5.32 Å². The summed E-state index contributed by atoms with van der Waals surface area (Å²) in [7, 11) is 0. The van der Waals surface area contributed by atoms with Gasteiger partial charge in [0.05, 0.1) is 0 Å². The summed E-state index contributed by atoms with van der Waals surface area (Å²) in [6.45, 7) is 0. The quantitative estimate of drug-likeness (QED) is 0.770. The standard InChI is InChI=1S/C11H11ClN2O3/c12-13-7-10(15)14-9(11(16)17)6-8-4-2-1-3-5-8/h1-5,7,9H,6H2,(H,14,15)(H,16,17)/t9-/m0/s1. The van der Waals surface area contributed by atoms with Gasteiger partial charge in [-0.2, -0.15) is 4.51 Å². The SMILES string of the molecule is O=C(C=NCl)N[C@@H](Cc1ccccc1)C(=O)O. The van der Waals surface area contributed by atoms with Crippen LogP contribution in [0.5, 0.6) is 0 Å². The first kappa shape index (κ1) is 13.2. The molecule has 1 atom stereocenters. The molecule has 1 amide bonds. The Hall–Kier alpha value is -1.88. The van der Waals surface area contributed by atoms with Crippen LogP contribution in [0.25, 0.3) is 0 Å². The highest BCUT2D eigenvalue weighted by Gasteiger charge is 2.19. The van der Waals surface area contributed by atoms with Gasteiger partial charge in [-0.25, -0.2) is 4.79 Å². The van der Waals surface area contributed by atoms with Crippen LogP contribution in [0.2, 0.25) is 0 Å². The molecule has 0 fully saturated rings. The van der Waals surface area contributed by atoms with E-state index in [0.717, 1.165) is 11.8 Å². The maximum atomic E-state index is 11.1. The average molecular weight is 255 g/mol. The first-order valence-corrected chi connectivity index (χ1v) is 5.19. The van der Waals surface area contributed by atoms with Crippen LogP contribution < -0.4 is 5.32 Å². The molecule has 0 aliphatic carbocycles. The Morgan fingerprint density at radius 3 is 2.59 bits per heavy atom. The molecule has 0 aliphatic heterocycles. The molecule has 17 heavy (non-hydrogen) atoms. The van der Waals surface area contributed by atoms with Crippen molar-refractivity contribution in [2.45, 2.75) is 12.5 Å². The van der Waals surface area contributed by atoms with E-state index < -0.39 is 17.9 Å². The minimum atomic E-state index is -1.11. The van der Waals surface area contributed by atoms with Crippen molar-refractivity contribution in [3.05, 3.63) is 35.9 Å². The molecule has 0 heterocycles. The summed E-state index contributed by atoms with van der Waals surface area (Å²) in [6, 6.07) is 8.01. The number of carboxylic acids is 1. The van der Waals surface area contributed by atoms with Crippen molar-refractivity contribution >= 4 is 29.9 Å². The Bertz CT molecular complexity index is 420. The number of hydrogen-bond donors (Lipinski definition) is 2. The van der Waals surface area contributed by atoms with Crippen molar-refractivity contribution in [3.8, 4) is 0 Å². The second-order valence-corrected chi connectivity index (χ2v) is 3.51. The maximum absolute atomic E-state index is 11.1. The summed E-state index contributed by atoms with van der Waals surface area (Å²) in [4.78, 5) is 22.1. The summed E-state index contributed by atoms with van der Waals surface area (Å²) >= 11 is 4.98. The van der Waals surface area contributed by atoms with Gasteiger partial charge in [0.25, 0.3) is 5.91 Å². The third-order valence-corrected chi connectivity index (χ3v) is 2.16. The largest absolute Gasteiger partial charge is 0.480 e. The molecule has 0 aromatic heterocycles. The van der Waals surface area contributed by atoms with E-state index >= 15 is 0 Å². The van der Waals surface area contributed by atoms with Gasteiger partial charge in [0.2, 0.25) is 0 Å². The highest BCUT2D eigenvalue weighted by molar-refractivity contribution is 6.33. The molecule has 1 aromatic carbocycles. The maximum Gasteiger partial charge on any atom is 0.326 e. The molecular formula is C11H11ClN2O3. The first-order valence-electron chi connectivity index (χ1n) is 4.85. The van der Waals surface area contributed by atoms with Gasteiger partial charge in [-0.1, -0.05) is 30.3 Å². The number of benzene rings is 1. The van der Waals surface area contributed by atoms with E-state index in [2.05, 4.69) is 9.83 Å². The lowest BCUT2D eigenvalue weighted by molar-refractivity contribution is -0.140. The average Bonchev–Trinajstić information content (AvgIpc) is 2.29. The molecule has 0 spiro atoms. The number of amides is 1. The van der Waals surface area contributed by atoms with Crippen molar-refractivity contribution in [1.29, 1.82) is 0 Å². The summed E-state index contributed by atoms with van der Waals surface area (Å²) in [5.74, 6) is -1.74. The predicted octanol–water partition coefficient (Wildman–Crippen LogP) is 1.02. The zero-order valence-corrected chi connectivity index (χ0v) is 9.59. The smallest absolute Gasteiger partial charge is 0.326 e. The normalized spacial score (nSPS) is 12.3. The number of nitrogens with zero attached hydrogens (tertiary/aromatic N) is 1. The van der Waals surface area contributed by atoms with Crippen molar-refractivity contribution in [2.75, 3.05) is 0 Å². The number of carboxylic acid groups (broad SMARTS) is 1. The molecule has 0 radical (unpaired) electrons. The first-order chi connectivity index (χ1) is 8.13. The van der Waals surface area contributed by atoms with Crippen LogP contribution in [0.15, 0.2) is 34.8 Å². The Morgan fingerprint density at radius 1 is 1.41 bits per heavy atom. The number of rotatable bonds is 5. The minimum absolute atomic E-state index is 0.206. The van der Waals surface area contributed by atoms with Crippen LogP contribution in [0.4, 0.5) is 0 Å². The lowest BCUT2D eigenvalue weighted by Gasteiger charge is -2.12. The molecular weight excluding hydrogens is 244 g/mol. The van der Waals surface area contributed by atoms with Gasteiger partial charge in [-0.15, -0.1) is 0 Å². The molecule has 0 aliphatic rings. The number of nitrogens with one attached hydrogen (secondary N) is 1. The van der Waals surface area contributed by atoms with Gasteiger partial charge >= 0.3 is 5.97 Å². The van der Waals surface area contributed by atoms with Crippen molar-refractivity contribution < 1.29 is 14.7 Å². The van der Waals surface area contributed by atoms with Crippen molar-refractivity contribution in [2.24, 2.45) is 4.51 Å². The summed E-state index contributed by atoms with van der Waals surface area (Å²) in [5, 5.41) is 11.3. The van der Waals surface area contributed by atoms with Gasteiger partial charge in [0.1, 0.15) is 12.3 Å². The monoisotopic (exact) mass is 254 g/mol. The Labute approximate surface area is 103 Å². The van der Waals surface area contributed by atoms with E-state index in [0.29, 0.717) is 0 Å². The van der Waals surface area contributed by atoms with Crippen LogP contribution in [0.1, 0.15) is 5.56 Å². The summed E-state index contributed by atoms with van der Waals surface area (Å²) in [6.07, 6.45) is 1.03. The summed E-state index contributed by atoms with van der Waals surface area (Å²) < 4.78 is 3.00. The topological polar surface area (TPSA) is 78.8 Å². The van der Waals surface area contributed by atoms with Crippen LogP contribution in [0.3, 0.4) is 0 Å². The molecule has 1 rings (SSSR count). The lowest BCUT2D eigenvalue weighted by Crippen LogP contribution is -2.42. The number of carbonyl (C=O) groups is 2. The van der Waals surface area contributed by atoms with E-state index in [1.54, 1.807) is 24.3 Å². The number of aliphatic carboxylic acids is 1. The van der Waals surface area contributed by atoms with E-state index in [4.69, 9.17) is 16.9 Å². The van der Waals surface area contributed by atoms with E-state index in [1.807, 2.05) is 6.07 Å². The number of hydrogen-bond acceptors (Lipinski definition) is 3. The Kier molecular flexibility index (Phi) is 5.16. The second-order valence-electron chi connectivity index (χ2n) is 3.32. The van der Waals surface area contributed by atoms with Gasteiger partial charge in [0.15, 0.2) is 0 Å². The highest BCUT2D eigenvalue weighted by Crippen LogP contribution is 2.03. The second kappa shape index (κ2) is 6.65. The molecule has 1 aromatic rings. The van der Waals surface area contributed by atoms with Crippen LogP contribution in [-0.4, -0.2) is 29.2 Å². The van der Waals surface area contributed by atoms with E-state index in [9.17, 15) is 9.59 Å². The number of halogens is 1. The molecule has 2 N–H and O–H groups in total. The zero-order chi connectivity index (χ0) is 12.7. The molecule has 5 nitrogen and oxygen atoms in total. The van der Waals surface area contributed by atoms with E-state index in [1.165, 1.54) is 0 Å². The fourth-order valence-corrected chi connectivity index (χ4v) is 1.39. The Balaban J connectivity index is 2.67. The fraction of sp³-hybridized carbons (Fsp3) is 0.182.